The Morgan fingerprint density at radius 1 is 1.22 bits per heavy atom. The number of hydrogen-bond acceptors (Lipinski definition) is 9. The number of ether oxygens (including phenoxy) is 1. The molecule has 0 radical (unpaired) electrons. The topological polar surface area (TPSA) is 121 Å². The van der Waals surface area contributed by atoms with E-state index in [1.54, 1.807) is 18.2 Å². The number of anilines is 2. The fraction of sp³-hybridized carbons (Fsp3) is 0.364. The lowest BCUT2D eigenvalue weighted by atomic mass is 10.1. The molecular weight excluding hydrogens is 647 g/mol. The zero-order valence-electron chi connectivity index (χ0n) is 19.5. The number of rotatable bonds is 9. The molecule has 0 atom stereocenters. The van der Waals surface area contributed by atoms with Gasteiger partial charge in [-0.15, -0.1) is 5.10 Å². The molecule has 0 unspecified atom stereocenters. The van der Waals surface area contributed by atoms with Crippen LogP contribution in [0.1, 0.15) is 6.42 Å². The SMILES string of the molecule is CN(CCCN1CCOCC1)S(=O)(=O)c1cc(-c2nnc(O)o2)c(Nc2ccc(I)cc2Cl)c(F)c1F. The van der Waals surface area contributed by atoms with Crippen LogP contribution in [0.2, 0.25) is 5.02 Å². The third kappa shape index (κ3) is 6.31. The minimum Gasteiger partial charge on any atom is -0.465 e. The first-order chi connectivity index (χ1) is 17.6. The second-order valence-electron chi connectivity index (χ2n) is 8.20. The van der Waals surface area contributed by atoms with Crippen LogP contribution >= 0.6 is 34.2 Å². The van der Waals surface area contributed by atoms with Gasteiger partial charge in [-0.1, -0.05) is 16.7 Å². The molecule has 1 saturated heterocycles. The molecule has 0 spiro atoms. The Balaban J connectivity index is 1.68. The first-order valence-corrected chi connectivity index (χ1v) is 14.0. The van der Waals surface area contributed by atoms with Crippen molar-refractivity contribution in [2.75, 3.05) is 51.8 Å². The van der Waals surface area contributed by atoms with Crippen molar-refractivity contribution in [1.82, 2.24) is 19.4 Å². The number of aromatic nitrogens is 2. The lowest BCUT2D eigenvalue weighted by Crippen LogP contribution is -2.38. The number of benzene rings is 2. The summed E-state index contributed by atoms with van der Waals surface area (Å²) in [6.07, 6.45) is -0.350. The molecule has 10 nitrogen and oxygen atoms in total. The average molecular weight is 670 g/mol. The highest BCUT2D eigenvalue weighted by molar-refractivity contribution is 14.1. The first-order valence-electron chi connectivity index (χ1n) is 11.1. The molecule has 1 fully saturated rings. The molecule has 2 N–H and O–H groups in total. The predicted octanol–water partition coefficient (Wildman–Crippen LogP) is 4.06. The lowest BCUT2D eigenvalue weighted by molar-refractivity contribution is 0.0370. The van der Waals surface area contributed by atoms with E-state index in [4.69, 9.17) is 20.8 Å². The zero-order chi connectivity index (χ0) is 26.7. The van der Waals surface area contributed by atoms with Crippen molar-refractivity contribution in [3.8, 4) is 17.5 Å². The standard InChI is InChI=1S/C22H23ClF2IN5O5S/c1-30(5-2-6-31-7-9-35-10-8-31)37(33,34)17-12-14(21-28-29-22(32)36-21)20(19(25)18(17)24)27-16-4-3-13(26)11-15(16)23/h3-4,11-12,27H,2,5-10H2,1H3,(H,29,32). The number of sulfonamides is 1. The minimum atomic E-state index is -4.45. The number of nitrogens with zero attached hydrogens (tertiary/aromatic N) is 4. The summed E-state index contributed by atoms with van der Waals surface area (Å²) >= 11 is 8.27. The molecule has 15 heteroatoms. The minimum absolute atomic E-state index is 0.0791. The summed E-state index contributed by atoms with van der Waals surface area (Å²) in [5.74, 6) is -3.51. The average Bonchev–Trinajstić information content (AvgIpc) is 3.30. The van der Waals surface area contributed by atoms with Gasteiger partial charge in [-0.2, -0.15) is 0 Å². The van der Waals surface area contributed by atoms with E-state index in [0.29, 0.717) is 26.2 Å². The van der Waals surface area contributed by atoms with Crippen molar-refractivity contribution in [3.63, 3.8) is 0 Å². The van der Waals surface area contributed by atoms with E-state index in [0.717, 1.165) is 27.0 Å². The van der Waals surface area contributed by atoms with Gasteiger partial charge in [0.1, 0.15) is 4.90 Å². The number of halogens is 4. The molecule has 1 aliphatic heterocycles. The van der Waals surface area contributed by atoms with Gasteiger partial charge in [-0.3, -0.25) is 4.90 Å². The highest BCUT2D eigenvalue weighted by atomic mass is 127. The van der Waals surface area contributed by atoms with Crippen LogP contribution in [0.15, 0.2) is 33.6 Å². The molecule has 0 amide bonds. The van der Waals surface area contributed by atoms with E-state index < -0.39 is 44.2 Å². The summed E-state index contributed by atoms with van der Waals surface area (Å²) in [6.45, 7) is 3.42. The second kappa shape index (κ2) is 11.7. The Morgan fingerprint density at radius 2 is 1.95 bits per heavy atom. The fourth-order valence-electron chi connectivity index (χ4n) is 3.76. The molecule has 4 rings (SSSR count). The summed E-state index contributed by atoms with van der Waals surface area (Å²) in [7, 11) is -3.16. The molecule has 1 aromatic heterocycles. The highest BCUT2D eigenvalue weighted by Gasteiger charge is 2.32. The Hall–Kier alpha value is -2.11. The normalized spacial score (nSPS) is 14.9. The molecule has 0 saturated carbocycles. The van der Waals surface area contributed by atoms with E-state index in [2.05, 4.69) is 20.4 Å². The predicted molar refractivity (Wildman–Crippen MR) is 140 cm³/mol. The third-order valence-electron chi connectivity index (χ3n) is 5.75. The van der Waals surface area contributed by atoms with Gasteiger partial charge in [0.15, 0.2) is 11.6 Å². The largest absolute Gasteiger partial charge is 0.465 e. The summed E-state index contributed by atoms with van der Waals surface area (Å²) in [5, 5.41) is 19.4. The van der Waals surface area contributed by atoms with Crippen LogP contribution in [0.4, 0.5) is 20.2 Å². The van der Waals surface area contributed by atoms with Gasteiger partial charge in [0, 0.05) is 30.3 Å². The van der Waals surface area contributed by atoms with Gasteiger partial charge in [0.2, 0.25) is 10.0 Å². The van der Waals surface area contributed by atoms with Crippen LogP contribution in [0.3, 0.4) is 0 Å². The molecule has 0 bridgehead atoms. The highest BCUT2D eigenvalue weighted by Crippen LogP contribution is 2.39. The smallest absolute Gasteiger partial charge is 0.412 e. The van der Waals surface area contributed by atoms with Crippen molar-refractivity contribution in [2.24, 2.45) is 0 Å². The van der Waals surface area contributed by atoms with E-state index in [1.807, 2.05) is 22.6 Å². The second-order valence-corrected chi connectivity index (χ2v) is 11.9. The molecular formula is C22H23ClF2IN5O5S. The summed E-state index contributed by atoms with van der Waals surface area (Å²) in [4.78, 5) is 1.23. The maximum absolute atomic E-state index is 15.5. The van der Waals surface area contributed by atoms with E-state index in [9.17, 15) is 13.5 Å². The summed E-state index contributed by atoms with van der Waals surface area (Å²) in [6, 6.07) is 5.72. The molecule has 3 aromatic rings. The van der Waals surface area contributed by atoms with Crippen molar-refractivity contribution < 1.29 is 31.5 Å². The van der Waals surface area contributed by atoms with Crippen molar-refractivity contribution in [1.29, 1.82) is 0 Å². The van der Waals surface area contributed by atoms with Gasteiger partial charge in [-0.25, -0.2) is 21.5 Å². The van der Waals surface area contributed by atoms with Crippen molar-refractivity contribution in [2.45, 2.75) is 11.3 Å². The Labute approximate surface area is 230 Å². The zero-order valence-corrected chi connectivity index (χ0v) is 23.3. The fourth-order valence-corrected chi connectivity index (χ4v) is 5.95. The van der Waals surface area contributed by atoms with Crippen molar-refractivity contribution >= 4 is 55.6 Å². The Morgan fingerprint density at radius 3 is 2.59 bits per heavy atom. The van der Waals surface area contributed by atoms with E-state index >= 15 is 8.78 Å². The Bertz CT molecular complexity index is 1390. The Kier molecular flexibility index (Phi) is 8.85. The molecule has 2 aromatic carbocycles. The number of aromatic hydroxyl groups is 1. The molecule has 2 heterocycles. The lowest BCUT2D eigenvalue weighted by Gasteiger charge is -2.27. The molecule has 0 aliphatic carbocycles. The van der Waals surface area contributed by atoms with Gasteiger partial charge < -0.3 is 19.6 Å². The van der Waals surface area contributed by atoms with Gasteiger partial charge >= 0.3 is 6.08 Å². The maximum Gasteiger partial charge on any atom is 0.412 e. The van der Waals surface area contributed by atoms with Crippen LogP contribution in [0.5, 0.6) is 6.08 Å². The van der Waals surface area contributed by atoms with Gasteiger partial charge in [0.25, 0.3) is 5.89 Å². The van der Waals surface area contributed by atoms with Crippen LogP contribution in [0, 0.1) is 15.2 Å². The number of nitrogens with one attached hydrogen (secondary N) is 1. The molecule has 37 heavy (non-hydrogen) atoms. The first kappa shape index (κ1) is 27.9. The quantitative estimate of drug-likeness (QED) is 0.325. The summed E-state index contributed by atoms with van der Waals surface area (Å²) in [5.41, 5.74) is -0.541. The third-order valence-corrected chi connectivity index (χ3v) is 8.59. The van der Waals surface area contributed by atoms with Crippen LogP contribution < -0.4 is 5.32 Å². The van der Waals surface area contributed by atoms with Gasteiger partial charge in [-0.05, 0) is 59.8 Å². The van der Waals surface area contributed by atoms with Crippen LogP contribution in [-0.4, -0.2) is 79.4 Å². The maximum atomic E-state index is 15.5. The van der Waals surface area contributed by atoms with Crippen LogP contribution in [0.25, 0.3) is 11.5 Å². The van der Waals surface area contributed by atoms with E-state index in [1.165, 1.54) is 7.05 Å². The number of hydrogen-bond donors (Lipinski definition) is 2. The summed E-state index contributed by atoms with van der Waals surface area (Å²) < 4.78 is 69.4. The molecule has 200 valence electrons. The number of morpholine rings is 1. The monoisotopic (exact) mass is 669 g/mol. The molecule has 1 aliphatic rings. The van der Waals surface area contributed by atoms with Crippen molar-refractivity contribution in [3.05, 3.63) is 44.5 Å². The van der Waals surface area contributed by atoms with Gasteiger partial charge in [0.05, 0.1) is 35.2 Å². The van der Waals surface area contributed by atoms with Crippen LogP contribution in [-0.2, 0) is 14.8 Å². The van der Waals surface area contributed by atoms with E-state index in [-0.39, 0.29) is 22.8 Å².